The van der Waals surface area contributed by atoms with Gasteiger partial charge < -0.3 is 4.74 Å². The third-order valence-corrected chi connectivity index (χ3v) is 5.56. The van der Waals surface area contributed by atoms with E-state index in [1.54, 1.807) is 37.5 Å². The first kappa shape index (κ1) is 20.1. The number of hydrogen-bond acceptors (Lipinski definition) is 5. The van der Waals surface area contributed by atoms with Gasteiger partial charge in [0.15, 0.2) is 4.32 Å². The maximum Gasteiger partial charge on any atom is 0.285 e. The summed E-state index contributed by atoms with van der Waals surface area (Å²) in [6, 6.07) is 14.6. The smallest absolute Gasteiger partial charge is 0.285 e. The van der Waals surface area contributed by atoms with Crippen LogP contribution in [0.3, 0.4) is 0 Å². The summed E-state index contributed by atoms with van der Waals surface area (Å²) >= 11 is 6.43. The maximum absolute atomic E-state index is 12.7. The van der Waals surface area contributed by atoms with Crippen molar-refractivity contribution in [3.63, 3.8) is 0 Å². The Bertz CT molecular complexity index is 935. The second-order valence-electron chi connectivity index (χ2n) is 6.51. The largest absolute Gasteiger partial charge is 0.497 e. The van der Waals surface area contributed by atoms with Crippen molar-refractivity contribution in [1.29, 1.82) is 0 Å². The Morgan fingerprint density at radius 2 is 1.79 bits per heavy atom. The molecule has 7 heteroatoms. The lowest BCUT2D eigenvalue weighted by Crippen LogP contribution is -2.44. The average Bonchev–Trinajstić information content (AvgIpc) is 2.95. The van der Waals surface area contributed by atoms with Crippen LogP contribution in [-0.4, -0.2) is 28.3 Å². The number of ether oxygens (including phenoxy) is 1. The van der Waals surface area contributed by atoms with Crippen LogP contribution in [0.25, 0.3) is 6.08 Å². The molecule has 144 valence electrons. The number of thioether (sulfide) groups is 1. The standard InChI is InChI=1S/C21H20N2O3S2/c1-13(2)15-6-4-14(5-7-15)12-18-20(25)23(21(27)28-18)22-19(24)16-8-10-17(26-3)11-9-16/h4-13H,1-3H3,(H,22,24). The molecule has 0 saturated carbocycles. The molecule has 0 radical (unpaired) electrons. The molecule has 0 unspecified atom stereocenters. The second kappa shape index (κ2) is 8.58. The summed E-state index contributed by atoms with van der Waals surface area (Å²) in [5.74, 6) is 0.334. The average molecular weight is 413 g/mol. The highest BCUT2D eigenvalue weighted by molar-refractivity contribution is 8.26. The lowest BCUT2D eigenvalue weighted by Gasteiger charge is -2.15. The molecule has 28 heavy (non-hydrogen) atoms. The van der Waals surface area contributed by atoms with Gasteiger partial charge in [-0.15, -0.1) is 0 Å². The fourth-order valence-electron chi connectivity index (χ4n) is 2.60. The number of thiocarbonyl (C=S) groups is 1. The summed E-state index contributed by atoms with van der Waals surface area (Å²) in [6.45, 7) is 4.26. The van der Waals surface area contributed by atoms with Gasteiger partial charge in [-0.05, 0) is 59.6 Å². The Kier molecular flexibility index (Phi) is 6.16. The van der Waals surface area contributed by atoms with Gasteiger partial charge in [-0.25, -0.2) is 0 Å². The first-order valence-corrected chi connectivity index (χ1v) is 9.94. The Morgan fingerprint density at radius 3 is 2.36 bits per heavy atom. The number of carbonyl (C=O) groups excluding carboxylic acids is 2. The van der Waals surface area contributed by atoms with Crippen LogP contribution >= 0.6 is 24.0 Å². The normalized spacial score (nSPS) is 15.4. The van der Waals surface area contributed by atoms with Crippen LogP contribution in [0.4, 0.5) is 0 Å². The van der Waals surface area contributed by atoms with Crippen LogP contribution in [0.15, 0.2) is 53.4 Å². The third kappa shape index (κ3) is 4.43. The van der Waals surface area contributed by atoms with Gasteiger partial charge in [-0.1, -0.05) is 49.9 Å². The molecule has 2 aromatic rings. The monoisotopic (exact) mass is 412 g/mol. The van der Waals surface area contributed by atoms with Crippen molar-refractivity contribution in [2.45, 2.75) is 19.8 Å². The first-order valence-electron chi connectivity index (χ1n) is 8.72. The third-order valence-electron chi connectivity index (χ3n) is 4.26. The minimum atomic E-state index is -0.415. The van der Waals surface area contributed by atoms with Crippen molar-refractivity contribution in [2.24, 2.45) is 0 Å². The van der Waals surface area contributed by atoms with E-state index < -0.39 is 5.91 Å². The van der Waals surface area contributed by atoms with Crippen LogP contribution in [0.1, 0.15) is 41.3 Å². The van der Waals surface area contributed by atoms with E-state index in [-0.39, 0.29) is 10.2 Å². The number of hydrogen-bond donors (Lipinski definition) is 1. The summed E-state index contributed by atoms with van der Waals surface area (Å²) in [6.07, 6.45) is 1.78. The van der Waals surface area contributed by atoms with E-state index in [2.05, 4.69) is 19.3 Å². The number of methoxy groups -OCH3 is 1. The highest BCUT2D eigenvalue weighted by Gasteiger charge is 2.33. The van der Waals surface area contributed by atoms with Crippen molar-refractivity contribution in [1.82, 2.24) is 10.4 Å². The number of nitrogens with one attached hydrogen (secondary N) is 1. The van der Waals surface area contributed by atoms with Crippen LogP contribution in [0, 0.1) is 0 Å². The number of amides is 2. The zero-order valence-electron chi connectivity index (χ0n) is 15.8. The van der Waals surface area contributed by atoms with Gasteiger partial charge in [0.2, 0.25) is 0 Å². The van der Waals surface area contributed by atoms with E-state index in [4.69, 9.17) is 17.0 Å². The molecule has 5 nitrogen and oxygen atoms in total. The Hall–Kier alpha value is -2.64. The molecule has 0 aliphatic carbocycles. The molecule has 0 atom stereocenters. The minimum Gasteiger partial charge on any atom is -0.497 e. The van der Waals surface area contributed by atoms with Crippen LogP contribution in [0.5, 0.6) is 5.75 Å². The molecule has 0 spiro atoms. The number of benzene rings is 2. The van der Waals surface area contributed by atoms with E-state index >= 15 is 0 Å². The van der Waals surface area contributed by atoms with Gasteiger partial charge in [0.05, 0.1) is 12.0 Å². The molecule has 1 saturated heterocycles. The molecular weight excluding hydrogens is 392 g/mol. The van der Waals surface area contributed by atoms with E-state index in [1.807, 2.05) is 24.3 Å². The predicted molar refractivity (Wildman–Crippen MR) is 116 cm³/mol. The highest BCUT2D eigenvalue weighted by atomic mass is 32.2. The van der Waals surface area contributed by atoms with Crippen molar-refractivity contribution < 1.29 is 14.3 Å². The number of hydrazine groups is 1. The van der Waals surface area contributed by atoms with Crippen molar-refractivity contribution in [2.75, 3.05) is 7.11 Å². The van der Waals surface area contributed by atoms with Crippen LogP contribution in [0.2, 0.25) is 0 Å². The zero-order valence-corrected chi connectivity index (χ0v) is 17.4. The molecule has 3 rings (SSSR count). The topological polar surface area (TPSA) is 58.6 Å². The Balaban J connectivity index is 1.72. The van der Waals surface area contributed by atoms with E-state index in [1.165, 1.54) is 5.56 Å². The quantitative estimate of drug-likeness (QED) is 0.584. The van der Waals surface area contributed by atoms with Crippen molar-refractivity contribution in [3.8, 4) is 5.75 Å². The van der Waals surface area contributed by atoms with E-state index in [0.29, 0.717) is 22.1 Å². The van der Waals surface area contributed by atoms with Gasteiger partial charge in [0.25, 0.3) is 11.8 Å². The van der Waals surface area contributed by atoms with Crippen LogP contribution in [-0.2, 0) is 4.79 Å². The molecule has 1 heterocycles. The summed E-state index contributed by atoms with van der Waals surface area (Å²) in [5, 5.41) is 1.11. The molecule has 0 bridgehead atoms. The Morgan fingerprint density at radius 1 is 1.14 bits per heavy atom. The molecule has 1 aliphatic rings. The summed E-state index contributed by atoms with van der Waals surface area (Å²) < 4.78 is 5.37. The maximum atomic E-state index is 12.7. The summed E-state index contributed by atoms with van der Waals surface area (Å²) in [4.78, 5) is 25.6. The Labute approximate surface area is 173 Å². The zero-order chi connectivity index (χ0) is 20.3. The fraction of sp³-hybridized carbons (Fsp3) is 0.190. The van der Waals surface area contributed by atoms with Gasteiger partial charge in [0.1, 0.15) is 5.75 Å². The van der Waals surface area contributed by atoms with Gasteiger partial charge in [-0.2, -0.15) is 5.01 Å². The molecule has 1 fully saturated rings. The molecule has 2 amide bonds. The van der Waals surface area contributed by atoms with Crippen LogP contribution < -0.4 is 10.2 Å². The lowest BCUT2D eigenvalue weighted by atomic mass is 10.0. The number of carbonyl (C=O) groups is 2. The predicted octanol–water partition coefficient (Wildman–Crippen LogP) is 4.36. The van der Waals surface area contributed by atoms with Crippen molar-refractivity contribution >= 4 is 46.2 Å². The number of rotatable bonds is 5. The van der Waals surface area contributed by atoms with Gasteiger partial charge >= 0.3 is 0 Å². The molecular formula is C21H20N2O3S2. The van der Waals surface area contributed by atoms with Gasteiger partial charge in [-0.3, -0.25) is 15.0 Å². The first-order chi connectivity index (χ1) is 13.4. The molecule has 1 aliphatic heterocycles. The molecule has 1 N–H and O–H groups in total. The van der Waals surface area contributed by atoms with Crippen molar-refractivity contribution in [3.05, 3.63) is 70.1 Å². The van der Waals surface area contributed by atoms with E-state index in [9.17, 15) is 9.59 Å². The lowest BCUT2D eigenvalue weighted by molar-refractivity contribution is -0.123. The molecule has 0 aromatic heterocycles. The molecule has 2 aromatic carbocycles. The summed E-state index contributed by atoms with van der Waals surface area (Å²) in [5.41, 5.74) is 5.12. The second-order valence-corrected chi connectivity index (χ2v) is 8.18. The SMILES string of the molecule is COc1ccc(C(=O)NN2C(=O)C(=Cc3ccc(C(C)C)cc3)SC2=S)cc1. The highest BCUT2D eigenvalue weighted by Crippen LogP contribution is 2.31. The minimum absolute atomic E-state index is 0.289. The summed E-state index contributed by atoms with van der Waals surface area (Å²) in [7, 11) is 1.55. The van der Waals surface area contributed by atoms with Gasteiger partial charge in [0, 0.05) is 5.56 Å². The fourth-order valence-corrected chi connectivity index (χ4v) is 3.78. The van der Waals surface area contributed by atoms with E-state index in [0.717, 1.165) is 22.3 Å². The number of nitrogens with zero attached hydrogens (tertiary/aromatic N) is 1.